The zero-order chi connectivity index (χ0) is 40.2. The number of hydrogen-bond acceptors (Lipinski definition) is 9. The van der Waals surface area contributed by atoms with Crippen LogP contribution in [-0.2, 0) is 32.1 Å². The fraction of sp³-hybridized carbons (Fsp3) is 0.341. The summed E-state index contributed by atoms with van der Waals surface area (Å²) >= 11 is 0. The smallest absolute Gasteiger partial charge is 0.416 e. The van der Waals surface area contributed by atoms with Crippen molar-refractivity contribution in [2.24, 2.45) is 0 Å². The first-order chi connectivity index (χ1) is 28.1. The van der Waals surface area contributed by atoms with Crippen LogP contribution in [0.15, 0.2) is 88.5 Å². The molecule has 0 amide bonds. The van der Waals surface area contributed by atoms with Gasteiger partial charge in [-0.3, -0.25) is 24.0 Å². The molecule has 0 radical (unpaired) electrons. The first-order valence-corrected chi connectivity index (χ1v) is 19.6. The number of benzene rings is 2. The maximum Gasteiger partial charge on any atom is 0.416 e. The Hall–Kier alpha value is -6.04. The van der Waals surface area contributed by atoms with Crippen LogP contribution in [0.3, 0.4) is 0 Å². The number of nitrogens with zero attached hydrogens (tertiary/aromatic N) is 6. The van der Waals surface area contributed by atoms with Crippen molar-refractivity contribution < 1.29 is 22.6 Å². The highest BCUT2D eigenvalue weighted by molar-refractivity contribution is 5.87. The molecule has 1 N–H and O–H groups in total. The largest absolute Gasteiger partial charge is 0.478 e. The van der Waals surface area contributed by atoms with Gasteiger partial charge in [-0.15, -0.1) is 0 Å². The lowest BCUT2D eigenvalue weighted by Gasteiger charge is -2.30. The minimum Gasteiger partial charge on any atom is -0.478 e. The molecule has 0 bridgehead atoms. The highest BCUT2D eigenvalue weighted by Crippen LogP contribution is 2.36. The van der Waals surface area contributed by atoms with Crippen molar-refractivity contribution in [1.82, 2.24) is 29.3 Å². The summed E-state index contributed by atoms with van der Waals surface area (Å²) in [5, 5.41) is 10.6. The molecular formula is C44H42F3N7O4. The van der Waals surface area contributed by atoms with E-state index >= 15 is 0 Å². The SMILES string of the molecule is N#Cc1cccc2c1CCN(CCCCOc1ccc3ccc(=O)n(-c4cc(=O)[nH]c5nc(OCCCCN6CCc7cccc(C(F)(F)F)c7C6)ccc45)c3n1)C2. The number of pyridine rings is 4. The molecule has 0 fully saturated rings. The molecule has 4 aromatic heterocycles. The van der Waals surface area contributed by atoms with E-state index < -0.39 is 17.3 Å². The molecule has 6 heterocycles. The molecule has 0 atom stereocenters. The number of unbranched alkanes of at least 4 members (excludes halogenated alkanes) is 2. The number of halogens is 3. The molecule has 58 heavy (non-hydrogen) atoms. The predicted octanol–water partition coefficient (Wildman–Crippen LogP) is 6.95. The molecule has 6 aromatic rings. The molecule has 2 aliphatic rings. The Balaban J connectivity index is 0.885. The maximum absolute atomic E-state index is 13.6. The minimum atomic E-state index is -4.38. The number of ether oxygens (including phenoxy) is 2. The van der Waals surface area contributed by atoms with Crippen LogP contribution in [0, 0.1) is 11.3 Å². The summed E-state index contributed by atoms with van der Waals surface area (Å²) < 4.78 is 54.1. The number of aromatic amines is 1. The average molecular weight is 790 g/mol. The van der Waals surface area contributed by atoms with Crippen LogP contribution in [0.2, 0.25) is 0 Å². The van der Waals surface area contributed by atoms with E-state index in [1.165, 1.54) is 28.3 Å². The summed E-state index contributed by atoms with van der Waals surface area (Å²) in [7, 11) is 0. The van der Waals surface area contributed by atoms with E-state index in [9.17, 15) is 28.0 Å². The minimum absolute atomic E-state index is 0.242. The van der Waals surface area contributed by atoms with Gasteiger partial charge in [0, 0.05) is 61.2 Å². The summed E-state index contributed by atoms with van der Waals surface area (Å²) in [4.78, 5) is 42.8. The van der Waals surface area contributed by atoms with Crippen LogP contribution >= 0.6 is 0 Å². The first kappa shape index (κ1) is 38.8. The third kappa shape index (κ3) is 8.46. The number of nitriles is 1. The molecular weight excluding hydrogens is 748 g/mol. The van der Waals surface area contributed by atoms with Crippen molar-refractivity contribution in [3.63, 3.8) is 0 Å². The molecule has 0 saturated carbocycles. The summed E-state index contributed by atoms with van der Waals surface area (Å²) in [6.07, 6.45) is 0.169. The molecule has 0 spiro atoms. The zero-order valence-corrected chi connectivity index (χ0v) is 31.9. The van der Waals surface area contributed by atoms with E-state index in [2.05, 4.69) is 27.0 Å². The Morgan fingerprint density at radius 2 is 1.45 bits per heavy atom. The molecule has 14 heteroatoms. The number of H-pyrrole nitrogens is 1. The van der Waals surface area contributed by atoms with E-state index in [0.29, 0.717) is 78.6 Å². The molecule has 0 saturated heterocycles. The van der Waals surface area contributed by atoms with Gasteiger partial charge in [-0.05, 0) is 104 Å². The van der Waals surface area contributed by atoms with Gasteiger partial charge in [0.2, 0.25) is 11.8 Å². The third-order valence-electron chi connectivity index (χ3n) is 11.0. The number of hydrogen-bond donors (Lipinski definition) is 1. The fourth-order valence-corrected chi connectivity index (χ4v) is 8.05. The van der Waals surface area contributed by atoms with E-state index in [1.54, 1.807) is 30.3 Å². The van der Waals surface area contributed by atoms with Gasteiger partial charge in [0.25, 0.3) is 11.1 Å². The topological polar surface area (TPSA) is 129 Å². The van der Waals surface area contributed by atoms with E-state index in [4.69, 9.17) is 14.5 Å². The quantitative estimate of drug-likeness (QED) is 0.124. The van der Waals surface area contributed by atoms with Gasteiger partial charge in [-0.25, -0.2) is 0 Å². The highest BCUT2D eigenvalue weighted by Gasteiger charge is 2.35. The van der Waals surface area contributed by atoms with Gasteiger partial charge in [-0.2, -0.15) is 28.4 Å². The zero-order valence-electron chi connectivity index (χ0n) is 31.9. The summed E-state index contributed by atoms with van der Waals surface area (Å²) in [5.74, 6) is 0.654. The summed E-state index contributed by atoms with van der Waals surface area (Å²) in [5.41, 5.74) is 3.78. The molecule has 2 aromatic carbocycles. The molecule has 0 aliphatic carbocycles. The normalized spacial score (nSPS) is 14.6. The standard InChI is InChI=1S/C44H42F3N7O4/c45-44(46,47)36-10-6-7-29-17-21-53(28-35(29)36)20-2-4-23-57-39-15-13-34-37(25-38(55)49-42(34)50-39)54-41(56)16-12-30-11-14-40(51-43(30)54)58-24-3-1-19-52-22-18-33-31(26-48)8-5-9-32(33)27-52/h5-16,25H,1-4,17-24,27-28H2,(H,49,50,55). The van der Waals surface area contributed by atoms with E-state index in [0.717, 1.165) is 68.1 Å². The van der Waals surface area contributed by atoms with Gasteiger partial charge in [0.1, 0.15) is 5.65 Å². The Bertz CT molecular complexity index is 2630. The number of aromatic nitrogens is 4. The monoisotopic (exact) mass is 789 g/mol. The Morgan fingerprint density at radius 1 is 0.759 bits per heavy atom. The van der Waals surface area contributed by atoms with E-state index in [1.807, 2.05) is 23.1 Å². The number of fused-ring (bicyclic) bond motifs is 4. The molecule has 8 rings (SSSR count). The third-order valence-corrected chi connectivity index (χ3v) is 11.0. The maximum atomic E-state index is 13.6. The van der Waals surface area contributed by atoms with Gasteiger partial charge >= 0.3 is 6.18 Å². The second-order valence-electron chi connectivity index (χ2n) is 14.8. The lowest BCUT2D eigenvalue weighted by molar-refractivity contribution is -0.138. The molecule has 11 nitrogen and oxygen atoms in total. The van der Waals surface area contributed by atoms with Crippen LogP contribution < -0.4 is 20.6 Å². The van der Waals surface area contributed by atoms with Gasteiger partial charge < -0.3 is 14.5 Å². The van der Waals surface area contributed by atoms with Crippen LogP contribution in [0.25, 0.3) is 27.8 Å². The lowest BCUT2D eigenvalue weighted by atomic mass is 9.94. The van der Waals surface area contributed by atoms with E-state index in [-0.39, 0.29) is 17.8 Å². The van der Waals surface area contributed by atoms with Crippen molar-refractivity contribution in [3.8, 4) is 23.5 Å². The second kappa shape index (κ2) is 16.8. The Labute approximate surface area is 332 Å². The van der Waals surface area contributed by atoms with Crippen molar-refractivity contribution in [2.75, 3.05) is 39.4 Å². The Morgan fingerprint density at radius 3 is 2.22 bits per heavy atom. The number of rotatable bonds is 13. The second-order valence-corrected chi connectivity index (χ2v) is 14.8. The van der Waals surface area contributed by atoms with Crippen molar-refractivity contribution >= 4 is 22.1 Å². The molecule has 2 aliphatic heterocycles. The van der Waals surface area contributed by atoms with Crippen LogP contribution in [0.5, 0.6) is 11.8 Å². The first-order valence-electron chi connectivity index (χ1n) is 19.6. The fourth-order valence-electron chi connectivity index (χ4n) is 8.05. The van der Waals surface area contributed by atoms with Gasteiger partial charge in [0.15, 0.2) is 5.65 Å². The Kier molecular flexibility index (Phi) is 11.3. The summed E-state index contributed by atoms with van der Waals surface area (Å²) in [6, 6.07) is 24.1. The van der Waals surface area contributed by atoms with Crippen LogP contribution in [-0.4, -0.2) is 68.7 Å². The summed E-state index contributed by atoms with van der Waals surface area (Å²) in [6.45, 7) is 5.01. The average Bonchev–Trinajstić information content (AvgIpc) is 3.22. The van der Waals surface area contributed by atoms with Crippen molar-refractivity contribution in [2.45, 2.75) is 57.8 Å². The number of nitrogens with one attached hydrogen (secondary N) is 1. The lowest BCUT2D eigenvalue weighted by Crippen LogP contribution is -2.33. The molecule has 298 valence electrons. The van der Waals surface area contributed by atoms with Crippen molar-refractivity contribution in [3.05, 3.63) is 133 Å². The van der Waals surface area contributed by atoms with Crippen molar-refractivity contribution in [1.29, 1.82) is 5.26 Å². The van der Waals surface area contributed by atoms with Crippen LogP contribution in [0.1, 0.15) is 59.1 Å². The van der Waals surface area contributed by atoms with Crippen LogP contribution in [0.4, 0.5) is 13.2 Å². The number of alkyl halides is 3. The predicted molar refractivity (Wildman–Crippen MR) is 213 cm³/mol. The molecule has 0 unspecified atom stereocenters. The van der Waals surface area contributed by atoms with Gasteiger partial charge in [0.05, 0.1) is 36.1 Å². The van der Waals surface area contributed by atoms with Gasteiger partial charge in [-0.1, -0.05) is 24.3 Å². The highest BCUT2D eigenvalue weighted by atomic mass is 19.4.